The number of benzene rings is 2. The van der Waals surface area contributed by atoms with E-state index in [0.717, 1.165) is 5.56 Å². The monoisotopic (exact) mass is 320 g/mol. The second kappa shape index (κ2) is 7.56. The summed E-state index contributed by atoms with van der Waals surface area (Å²) in [4.78, 5) is 11.9. The van der Waals surface area contributed by atoms with Gasteiger partial charge in [0.1, 0.15) is 11.5 Å². The number of nitrogens with one attached hydrogen (secondary N) is 2. The molecule has 0 bridgehead atoms. The quantitative estimate of drug-likeness (QED) is 0.883. The summed E-state index contributed by atoms with van der Waals surface area (Å²) in [5, 5.41) is 5.93. The molecule has 2 N–H and O–H groups in total. The second-order valence-corrected chi connectivity index (χ2v) is 4.87. The second-order valence-electron chi connectivity index (χ2n) is 4.47. The third-order valence-corrected chi connectivity index (χ3v) is 3.38. The van der Waals surface area contributed by atoms with Crippen molar-refractivity contribution in [3.63, 3.8) is 0 Å². The Kier molecular flexibility index (Phi) is 5.49. The predicted molar refractivity (Wildman–Crippen MR) is 86.9 cm³/mol. The van der Waals surface area contributed by atoms with Crippen molar-refractivity contribution < 1.29 is 14.3 Å². The molecule has 0 aliphatic carbocycles. The van der Waals surface area contributed by atoms with E-state index in [9.17, 15) is 4.79 Å². The van der Waals surface area contributed by atoms with Gasteiger partial charge in [0.2, 0.25) is 0 Å². The minimum Gasteiger partial charge on any atom is -0.497 e. The van der Waals surface area contributed by atoms with E-state index >= 15 is 0 Å². The molecule has 0 fully saturated rings. The van der Waals surface area contributed by atoms with Gasteiger partial charge in [0.05, 0.1) is 24.9 Å². The Hall–Kier alpha value is -2.40. The van der Waals surface area contributed by atoms with Gasteiger partial charge in [-0.15, -0.1) is 0 Å². The van der Waals surface area contributed by atoms with Gasteiger partial charge in [0.25, 0.3) is 0 Å². The molecular formula is C16H17ClN2O3. The van der Waals surface area contributed by atoms with Crippen LogP contribution in [0.1, 0.15) is 5.56 Å². The molecule has 2 aromatic rings. The highest BCUT2D eigenvalue weighted by molar-refractivity contribution is 6.33. The number of carbonyl (C=O) groups is 1. The van der Waals surface area contributed by atoms with Crippen LogP contribution in [0.5, 0.6) is 11.5 Å². The Bertz CT molecular complexity index is 662. The molecule has 2 aromatic carbocycles. The van der Waals surface area contributed by atoms with Crippen LogP contribution >= 0.6 is 11.6 Å². The molecule has 2 rings (SSSR count). The molecule has 0 heterocycles. The summed E-state index contributed by atoms with van der Waals surface area (Å²) in [6.45, 7) is 0.302. The van der Waals surface area contributed by atoms with Crippen molar-refractivity contribution in [3.05, 3.63) is 53.1 Å². The Morgan fingerprint density at radius 1 is 1.14 bits per heavy atom. The molecule has 0 aliphatic rings. The number of rotatable bonds is 5. The molecule has 0 saturated heterocycles. The van der Waals surface area contributed by atoms with E-state index in [0.29, 0.717) is 28.8 Å². The average Bonchev–Trinajstić information content (AvgIpc) is 2.54. The Morgan fingerprint density at radius 3 is 2.59 bits per heavy atom. The molecule has 0 radical (unpaired) electrons. The number of hydrogen-bond donors (Lipinski definition) is 2. The number of para-hydroxylation sites is 1. The molecule has 0 aromatic heterocycles. The number of amides is 2. The topological polar surface area (TPSA) is 59.6 Å². The van der Waals surface area contributed by atoms with Crippen molar-refractivity contribution in [2.45, 2.75) is 6.54 Å². The summed E-state index contributed by atoms with van der Waals surface area (Å²) in [7, 11) is 3.16. The number of ether oxygens (including phenoxy) is 2. The third kappa shape index (κ3) is 4.05. The Balaban J connectivity index is 2.00. The van der Waals surface area contributed by atoms with Gasteiger partial charge in [0, 0.05) is 12.1 Å². The highest BCUT2D eigenvalue weighted by atomic mass is 35.5. The Labute approximate surface area is 134 Å². The van der Waals surface area contributed by atoms with Crippen molar-refractivity contribution in [1.29, 1.82) is 0 Å². The lowest BCUT2D eigenvalue weighted by Crippen LogP contribution is -2.28. The molecule has 5 nitrogen and oxygen atoms in total. The summed E-state index contributed by atoms with van der Waals surface area (Å²) < 4.78 is 10.4. The van der Waals surface area contributed by atoms with Gasteiger partial charge in [-0.2, -0.15) is 0 Å². The Morgan fingerprint density at radius 2 is 1.91 bits per heavy atom. The molecule has 6 heteroatoms. The van der Waals surface area contributed by atoms with Crippen molar-refractivity contribution in [1.82, 2.24) is 5.32 Å². The standard InChI is InChI=1S/C16H17ClN2O3/c1-21-12-7-8-15(22-2)11(9-12)10-18-16(20)19-14-6-4-3-5-13(14)17/h3-9H,10H2,1-2H3,(H2,18,19,20). The summed E-state index contributed by atoms with van der Waals surface area (Å²) in [5.74, 6) is 1.38. The highest BCUT2D eigenvalue weighted by Crippen LogP contribution is 2.24. The van der Waals surface area contributed by atoms with E-state index in [1.54, 1.807) is 50.6 Å². The maximum absolute atomic E-state index is 11.9. The lowest BCUT2D eigenvalue weighted by atomic mass is 10.2. The molecule has 116 valence electrons. The number of hydrogen-bond acceptors (Lipinski definition) is 3. The first-order chi connectivity index (χ1) is 10.6. The van der Waals surface area contributed by atoms with Crippen molar-refractivity contribution in [3.8, 4) is 11.5 Å². The van der Waals surface area contributed by atoms with Crippen LogP contribution in [0.25, 0.3) is 0 Å². The number of methoxy groups -OCH3 is 2. The summed E-state index contributed by atoms with van der Waals surface area (Å²) in [5.41, 5.74) is 1.37. The smallest absolute Gasteiger partial charge is 0.319 e. The van der Waals surface area contributed by atoms with Crippen LogP contribution in [0.3, 0.4) is 0 Å². The first kappa shape index (κ1) is 16.0. The number of carbonyl (C=O) groups excluding carboxylic acids is 1. The lowest BCUT2D eigenvalue weighted by Gasteiger charge is -2.12. The zero-order valence-corrected chi connectivity index (χ0v) is 13.1. The summed E-state index contributed by atoms with van der Waals surface area (Å²) >= 11 is 5.99. The zero-order chi connectivity index (χ0) is 15.9. The van der Waals surface area contributed by atoms with Crippen LogP contribution in [0.15, 0.2) is 42.5 Å². The van der Waals surface area contributed by atoms with E-state index in [-0.39, 0.29) is 6.03 Å². The van der Waals surface area contributed by atoms with Gasteiger partial charge in [-0.25, -0.2) is 4.79 Å². The minimum absolute atomic E-state index is 0.302. The van der Waals surface area contributed by atoms with Crippen LogP contribution in [-0.2, 0) is 6.54 Å². The van der Waals surface area contributed by atoms with Gasteiger partial charge in [-0.05, 0) is 30.3 Å². The molecule has 0 atom stereocenters. The van der Waals surface area contributed by atoms with E-state index in [1.807, 2.05) is 6.07 Å². The average molecular weight is 321 g/mol. The summed E-state index contributed by atoms with van der Waals surface area (Å²) in [6, 6.07) is 12.1. The van der Waals surface area contributed by atoms with E-state index < -0.39 is 0 Å². The number of halogens is 1. The first-order valence-corrected chi connectivity index (χ1v) is 7.02. The van der Waals surface area contributed by atoms with Crippen molar-refractivity contribution in [2.75, 3.05) is 19.5 Å². The van der Waals surface area contributed by atoms with Crippen LogP contribution in [0.2, 0.25) is 5.02 Å². The van der Waals surface area contributed by atoms with Gasteiger partial charge in [-0.3, -0.25) is 0 Å². The van der Waals surface area contributed by atoms with Crippen LogP contribution < -0.4 is 20.1 Å². The predicted octanol–water partition coefficient (Wildman–Crippen LogP) is 3.68. The fourth-order valence-electron chi connectivity index (χ4n) is 1.92. The first-order valence-electron chi connectivity index (χ1n) is 6.64. The van der Waals surface area contributed by atoms with E-state index in [1.165, 1.54) is 0 Å². The fraction of sp³-hybridized carbons (Fsp3) is 0.188. The molecule has 22 heavy (non-hydrogen) atoms. The number of anilines is 1. The van der Waals surface area contributed by atoms with Crippen LogP contribution in [-0.4, -0.2) is 20.3 Å². The molecule has 0 aliphatic heterocycles. The molecule has 0 unspecified atom stereocenters. The highest BCUT2D eigenvalue weighted by Gasteiger charge is 2.08. The van der Waals surface area contributed by atoms with Crippen LogP contribution in [0.4, 0.5) is 10.5 Å². The molecule has 2 amide bonds. The maximum atomic E-state index is 11.9. The van der Waals surface area contributed by atoms with Crippen LogP contribution in [0, 0.1) is 0 Å². The zero-order valence-electron chi connectivity index (χ0n) is 12.4. The lowest BCUT2D eigenvalue weighted by molar-refractivity contribution is 0.251. The van der Waals surface area contributed by atoms with Gasteiger partial charge >= 0.3 is 6.03 Å². The third-order valence-electron chi connectivity index (χ3n) is 3.05. The van der Waals surface area contributed by atoms with Gasteiger partial charge in [0.15, 0.2) is 0 Å². The number of urea groups is 1. The van der Waals surface area contributed by atoms with Gasteiger partial charge < -0.3 is 20.1 Å². The fourth-order valence-corrected chi connectivity index (χ4v) is 2.11. The molecule has 0 saturated carbocycles. The normalized spacial score (nSPS) is 9.95. The van der Waals surface area contributed by atoms with Gasteiger partial charge in [-0.1, -0.05) is 23.7 Å². The largest absolute Gasteiger partial charge is 0.497 e. The van der Waals surface area contributed by atoms with Crippen molar-refractivity contribution in [2.24, 2.45) is 0 Å². The maximum Gasteiger partial charge on any atom is 0.319 e. The summed E-state index contributed by atoms with van der Waals surface area (Å²) in [6.07, 6.45) is 0. The SMILES string of the molecule is COc1ccc(OC)c(CNC(=O)Nc2ccccc2Cl)c1. The molecular weight excluding hydrogens is 304 g/mol. The van der Waals surface area contributed by atoms with Crippen molar-refractivity contribution >= 4 is 23.3 Å². The van der Waals surface area contributed by atoms with E-state index in [2.05, 4.69) is 10.6 Å². The van der Waals surface area contributed by atoms with E-state index in [4.69, 9.17) is 21.1 Å². The molecule has 0 spiro atoms. The minimum atomic E-state index is -0.349.